The van der Waals surface area contributed by atoms with Gasteiger partial charge in [-0.05, 0) is 24.3 Å². The highest BCUT2D eigenvalue weighted by molar-refractivity contribution is 5.69. The molecule has 1 aliphatic carbocycles. The Bertz CT molecular complexity index is 648. The molecule has 2 fully saturated rings. The molecule has 1 aromatic heterocycles. The minimum Gasteiger partial charge on any atom is -0.380 e. The topological polar surface area (TPSA) is 27.1 Å². The molecule has 0 N–H and O–H groups in total. The number of hydrogen-bond acceptors (Lipinski definition) is 2. The van der Waals surface area contributed by atoms with Crippen molar-refractivity contribution in [1.82, 2.24) is 9.55 Å². The quantitative estimate of drug-likeness (QED) is 0.780. The van der Waals surface area contributed by atoms with Gasteiger partial charge < -0.3 is 9.30 Å². The molecular formula is C16H16N2O. The van der Waals surface area contributed by atoms with E-state index in [1.807, 2.05) is 12.5 Å². The standard InChI is InChI=1S/C16H16N2O/c1-2-4-13-12(3-1)14-7-17-10-18(14)15(13)11-5-16(6-11)8-19-9-16/h1-4,7,10-11,15H,5-6,8-9H2. The summed E-state index contributed by atoms with van der Waals surface area (Å²) in [5.41, 5.74) is 4.67. The van der Waals surface area contributed by atoms with Crippen molar-refractivity contribution in [3.8, 4) is 11.3 Å². The number of aromatic nitrogens is 2. The average molecular weight is 252 g/mol. The first kappa shape index (κ1) is 10.2. The van der Waals surface area contributed by atoms with Crippen molar-refractivity contribution in [2.75, 3.05) is 13.2 Å². The summed E-state index contributed by atoms with van der Waals surface area (Å²) in [5.74, 6) is 0.750. The predicted molar refractivity (Wildman–Crippen MR) is 71.8 cm³/mol. The average Bonchev–Trinajstić information content (AvgIpc) is 2.88. The third kappa shape index (κ3) is 1.19. The zero-order valence-corrected chi connectivity index (χ0v) is 10.7. The van der Waals surface area contributed by atoms with Crippen molar-refractivity contribution in [3.63, 3.8) is 0 Å². The molecule has 1 spiro atoms. The van der Waals surface area contributed by atoms with Crippen LogP contribution in [0.5, 0.6) is 0 Å². The lowest BCUT2D eigenvalue weighted by atomic mass is 9.58. The number of hydrogen-bond donors (Lipinski definition) is 0. The molecule has 19 heavy (non-hydrogen) atoms. The van der Waals surface area contributed by atoms with Crippen LogP contribution < -0.4 is 0 Å². The van der Waals surface area contributed by atoms with E-state index in [0.717, 1.165) is 19.1 Å². The molecule has 96 valence electrons. The zero-order chi connectivity index (χ0) is 12.4. The monoisotopic (exact) mass is 252 g/mol. The highest BCUT2D eigenvalue weighted by Gasteiger charge is 2.53. The molecule has 1 saturated heterocycles. The second-order valence-corrected chi connectivity index (χ2v) is 6.38. The summed E-state index contributed by atoms with van der Waals surface area (Å²) in [7, 11) is 0. The molecule has 3 heterocycles. The second kappa shape index (κ2) is 3.28. The van der Waals surface area contributed by atoms with Crippen LogP contribution in [0.25, 0.3) is 11.3 Å². The molecule has 0 amide bonds. The van der Waals surface area contributed by atoms with Gasteiger partial charge in [-0.25, -0.2) is 4.98 Å². The van der Waals surface area contributed by atoms with Gasteiger partial charge in [-0.1, -0.05) is 24.3 Å². The van der Waals surface area contributed by atoms with Gasteiger partial charge in [0.15, 0.2) is 0 Å². The SMILES string of the molecule is c1ccc2c(c1)-c1cncn1C2C1CC2(COC2)C1. The number of fused-ring (bicyclic) bond motifs is 3. The van der Waals surface area contributed by atoms with E-state index in [9.17, 15) is 0 Å². The number of rotatable bonds is 1. The number of ether oxygens (including phenoxy) is 1. The zero-order valence-electron chi connectivity index (χ0n) is 10.7. The predicted octanol–water partition coefficient (Wildman–Crippen LogP) is 2.88. The summed E-state index contributed by atoms with van der Waals surface area (Å²) in [6.07, 6.45) is 6.62. The van der Waals surface area contributed by atoms with Crippen LogP contribution in [-0.4, -0.2) is 22.8 Å². The Labute approximate surface area is 112 Å². The third-order valence-electron chi connectivity index (χ3n) is 5.17. The van der Waals surface area contributed by atoms with Crippen LogP contribution in [0.1, 0.15) is 24.4 Å². The first-order valence-corrected chi connectivity index (χ1v) is 7.05. The first-order chi connectivity index (χ1) is 9.36. The summed E-state index contributed by atoms with van der Waals surface area (Å²) in [5, 5.41) is 0. The molecule has 1 atom stereocenters. The molecule has 0 bridgehead atoms. The molecule has 2 aliphatic heterocycles. The minimum absolute atomic E-state index is 0.500. The Hall–Kier alpha value is -1.61. The Morgan fingerprint density at radius 3 is 2.84 bits per heavy atom. The van der Waals surface area contributed by atoms with Crippen molar-refractivity contribution < 1.29 is 4.74 Å². The smallest absolute Gasteiger partial charge is 0.0956 e. The Morgan fingerprint density at radius 2 is 2.05 bits per heavy atom. The van der Waals surface area contributed by atoms with Crippen LogP contribution in [0.3, 0.4) is 0 Å². The molecule has 1 aromatic carbocycles. The maximum atomic E-state index is 5.40. The molecule has 3 heteroatoms. The maximum absolute atomic E-state index is 5.40. The molecule has 1 unspecified atom stereocenters. The normalized spacial score (nSPS) is 26.6. The van der Waals surface area contributed by atoms with Gasteiger partial charge in [-0.3, -0.25) is 0 Å². The summed E-state index contributed by atoms with van der Waals surface area (Å²) < 4.78 is 7.77. The van der Waals surface area contributed by atoms with Crippen LogP contribution in [0.4, 0.5) is 0 Å². The lowest BCUT2D eigenvalue weighted by Crippen LogP contribution is -2.53. The van der Waals surface area contributed by atoms with Crippen molar-refractivity contribution in [2.24, 2.45) is 11.3 Å². The Kier molecular flexibility index (Phi) is 1.76. The molecular weight excluding hydrogens is 236 g/mol. The number of benzene rings is 1. The molecule has 3 nitrogen and oxygen atoms in total. The largest absolute Gasteiger partial charge is 0.380 e. The van der Waals surface area contributed by atoms with Crippen molar-refractivity contribution in [1.29, 1.82) is 0 Å². The third-order valence-corrected chi connectivity index (χ3v) is 5.17. The molecule has 0 radical (unpaired) electrons. The van der Waals surface area contributed by atoms with Gasteiger partial charge in [0.1, 0.15) is 0 Å². The van der Waals surface area contributed by atoms with Crippen LogP contribution in [0, 0.1) is 11.3 Å². The van der Waals surface area contributed by atoms with E-state index in [2.05, 4.69) is 33.8 Å². The van der Waals surface area contributed by atoms with Crippen molar-refractivity contribution in [2.45, 2.75) is 18.9 Å². The number of imidazole rings is 1. The summed E-state index contributed by atoms with van der Waals surface area (Å²) in [4.78, 5) is 4.34. The fourth-order valence-electron chi connectivity index (χ4n) is 4.26. The van der Waals surface area contributed by atoms with E-state index in [4.69, 9.17) is 4.74 Å². The maximum Gasteiger partial charge on any atom is 0.0956 e. The van der Waals surface area contributed by atoms with Crippen LogP contribution in [0.2, 0.25) is 0 Å². The molecule has 5 rings (SSSR count). The Morgan fingerprint density at radius 1 is 1.21 bits per heavy atom. The fourth-order valence-corrected chi connectivity index (χ4v) is 4.26. The van der Waals surface area contributed by atoms with Crippen LogP contribution in [0.15, 0.2) is 36.8 Å². The van der Waals surface area contributed by atoms with E-state index in [-0.39, 0.29) is 0 Å². The minimum atomic E-state index is 0.500. The van der Waals surface area contributed by atoms with Crippen molar-refractivity contribution in [3.05, 3.63) is 42.4 Å². The number of nitrogens with zero attached hydrogens (tertiary/aromatic N) is 2. The van der Waals surface area contributed by atoms with Gasteiger partial charge in [0.2, 0.25) is 0 Å². The Balaban J connectivity index is 1.56. The summed E-state index contributed by atoms with van der Waals surface area (Å²) in [6, 6.07) is 9.30. The molecule has 3 aliphatic rings. The van der Waals surface area contributed by atoms with E-state index in [0.29, 0.717) is 11.5 Å². The van der Waals surface area contributed by atoms with E-state index in [1.165, 1.54) is 29.7 Å². The summed E-state index contributed by atoms with van der Waals surface area (Å²) in [6.45, 7) is 1.96. The summed E-state index contributed by atoms with van der Waals surface area (Å²) >= 11 is 0. The van der Waals surface area contributed by atoms with Crippen LogP contribution >= 0.6 is 0 Å². The van der Waals surface area contributed by atoms with Gasteiger partial charge in [0.25, 0.3) is 0 Å². The van der Waals surface area contributed by atoms with Gasteiger partial charge in [0, 0.05) is 11.0 Å². The van der Waals surface area contributed by atoms with Gasteiger partial charge >= 0.3 is 0 Å². The first-order valence-electron chi connectivity index (χ1n) is 7.05. The van der Waals surface area contributed by atoms with Crippen LogP contribution in [-0.2, 0) is 4.74 Å². The van der Waals surface area contributed by atoms with Gasteiger partial charge in [0.05, 0.1) is 37.5 Å². The fraction of sp³-hybridized carbons (Fsp3) is 0.438. The lowest BCUT2D eigenvalue weighted by molar-refractivity contribution is -0.183. The van der Waals surface area contributed by atoms with E-state index < -0.39 is 0 Å². The highest BCUT2D eigenvalue weighted by atomic mass is 16.5. The van der Waals surface area contributed by atoms with E-state index >= 15 is 0 Å². The lowest BCUT2D eigenvalue weighted by Gasteiger charge is -2.55. The van der Waals surface area contributed by atoms with Gasteiger partial charge in [-0.2, -0.15) is 0 Å². The van der Waals surface area contributed by atoms with Gasteiger partial charge in [-0.15, -0.1) is 0 Å². The van der Waals surface area contributed by atoms with Crippen molar-refractivity contribution >= 4 is 0 Å². The highest BCUT2D eigenvalue weighted by Crippen LogP contribution is 2.58. The molecule has 1 saturated carbocycles. The second-order valence-electron chi connectivity index (χ2n) is 6.38. The van der Waals surface area contributed by atoms with E-state index in [1.54, 1.807) is 0 Å². The molecule has 2 aromatic rings.